The minimum Gasteiger partial charge on any atom is -0.469 e. The lowest BCUT2D eigenvalue weighted by molar-refractivity contribution is -0.147. The van der Waals surface area contributed by atoms with E-state index < -0.39 is 0 Å². The summed E-state index contributed by atoms with van der Waals surface area (Å²) in [6.45, 7) is 4.27. The molecule has 0 aromatic heterocycles. The third kappa shape index (κ3) is 2.44. The van der Waals surface area contributed by atoms with Crippen molar-refractivity contribution in [1.82, 2.24) is 5.32 Å². The minimum atomic E-state index is -0.0637. The van der Waals surface area contributed by atoms with Gasteiger partial charge in [0.25, 0.3) is 0 Å². The van der Waals surface area contributed by atoms with Crippen LogP contribution >= 0.6 is 0 Å². The zero-order chi connectivity index (χ0) is 9.84. The summed E-state index contributed by atoms with van der Waals surface area (Å²) < 4.78 is 4.78. The number of nitrogens with one attached hydrogen (secondary N) is 1. The molecule has 1 rings (SSSR count). The van der Waals surface area contributed by atoms with Crippen LogP contribution in [0.15, 0.2) is 0 Å². The van der Waals surface area contributed by atoms with Crippen LogP contribution in [-0.4, -0.2) is 25.2 Å². The smallest absolute Gasteiger partial charge is 0.310 e. The molecule has 0 aromatic rings. The fourth-order valence-electron chi connectivity index (χ4n) is 2.03. The van der Waals surface area contributed by atoms with Gasteiger partial charge in [-0.1, -0.05) is 6.92 Å². The number of hydrogen-bond donors (Lipinski definition) is 1. The lowest BCUT2D eigenvalue weighted by Crippen LogP contribution is -2.48. The molecule has 1 aliphatic rings. The number of esters is 1. The first-order chi connectivity index (χ1) is 6.19. The van der Waals surface area contributed by atoms with E-state index in [1.165, 1.54) is 7.11 Å². The van der Waals surface area contributed by atoms with Crippen LogP contribution in [0.1, 0.15) is 33.1 Å². The molecule has 1 saturated heterocycles. The van der Waals surface area contributed by atoms with Crippen molar-refractivity contribution in [3.05, 3.63) is 0 Å². The number of carbonyl (C=O) groups is 1. The summed E-state index contributed by atoms with van der Waals surface area (Å²) in [5, 5.41) is 3.43. The molecule has 1 heterocycles. The molecule has 3 nitrogen and oxygen atoms in total. The van der Waals surface area contributed by atoms with Gasteiger partial charge >= 0.3 is 5.97 Å². The summed E-state index contributed by atoms with van der Waals surface area (Å²) >= 11 is 0. The van der Waals surface area contributed by atoms with Crippen molar-refractivity contribution in [2.45, 2.75) is 45.2 Å². The van der Waals surface area contributed by atoms with Gasteiger partial charge in [-0.2, -0.15) is 0 Å². The normalized spacial score (nSPS) is 34.2. The number of hydrogen-bond acceptors (Lipinski definition) is 3. The predicted molar refractivity (Wildman–Crippen MR) is 51.4 cm³/mol. The van der Waals surface area contributed by atoms with E-state index in [1.807, 2.05) is 0 Å². The van der Waals surface area contributed by atoms with Crippen molar-refractivity contribution < 1.29 is 9.53 Å². The highest BCUT2D eigenvalue weighted by Crippen LogP contribution is 2.22. The number of ether oxygens (including phenoxy) is 1. The second-order valence-corrected chi connectivity index (χ2v) is 3.79. The molecule has 0 aromatic carbocycles. The highest BCUT2D eigenvalue weighted by atomic mass is 16.5. The van der Waals surface area contributed by atoms with E-state index in [0.29, 0.717) is 12.1 Å². The van der Waals surface area contributed by atoms with Gasteiger partial charge in [-0.15, -0.1) is 0 Å². The Hall–Kier alpha value is -0.570. The van der Waals surface area contributed by atoms with E-state index in [1.54, 1.807) is 0 Å². The fourth-order valence-corrected chi connectivity index (χ4v) is 2.03. The van der Waals surface area contributed by atoms with Gasteiger partial charge in [0.05, 0.1) is 13.0 Å². The summed E-state index contributed by atoms with van der Waals surface area (Å²) in [4.78, 5) is 11.4. The molecule has 3 heteroatoms. The summed E-state index contributed by atoms with van der Waals surface area (Å²) in [6.07, 6.45) is 3.01. The van der Waals surface area contributed by atoms with E-state index >= 15 is 0 Å². The van der Waals surface area contributed by atoms with Crippen molar-refractivity contribution >= 4 is 5.97 Å². The van der Waals surface area contributed by atoms with Gasteiger partial charge in [-0.25, -0.2) is 0 Å². The summed E-state index contributed by atoms with van der Waals surface area (Å²) in [5.41, 5.74) is 0. The standard InChI is InChI=1S/C10H19NO2/c1-4-9-8(10(12)13-3)6-5-7(2)11-9/h7-9,11H,4-6H2,1-3H3. The molecular formula is C10H19NO2. The molecule has 13 heavy (non-hydrogen) atoms. The van der Waals surface area contributed by atoms with Crippen molar-refractivity contribution in [3.8, 4) is 0 Å². The molecule has 0 amide bonds. The highest BCUT2D eigenvalue weighted by Gasteiger charge is 2.32. The van der Waals surface area contributed by atoms with E-state index in [9.17, 15) is 4.79 Å². The Balaban J connectivity index is 2.57. The molecule has 0 radical (unpaired) electrons. The van der Waals surface area contributed by atoms with Gasteiger partial charge in [-0.3, -0.25) is 4.79 Å². The third-order valence-corrected chi connectivity index (χ3v) is 2.84. The Morgan fingerprint density at radius 3 is 2.77 bits per heavy atom. The summed E-state index contributed by atoms with van der Waals surface area (Å²) in [5.74, 6) is -0.00236. The van der Waals surface area contributed by atoms with Crippen LogP contribution in [0.3, 0.4) is 0 Å². The number of methoxy groups -OCH3 is 1. The molecule has 0 aliphatic carbocycles. The van der Waals surface area contributed by atoms with Gasteiger partial charge in [0, 0.05) is 12.1 Å². The van der Waals surface area contributed by atoms with E-state index in [2.05, 4.69) is 19.2 Å². The Morgan fingerprint density at radius 1 is 1.54 bits per heavy atom. The Morgan fingerprint density at radius 2 is 2.23 bits per heavy atom. The van der Waals surface area contributed by atoms with Gasteiger partial charge in [0.15, 0.2) is 0 Å². The second kappa shape index (κ2) is 4.61. The molecule has 0 saturated carbocycles. The lowest BCUT2D eigenvalue weighted by atomic mass is 9.86. The molecule has 0 bridgehead atoms. The van der Waals surface area contributed by atoms with Crippen LogP contribution in [0.4, 0.5) is 0 Å². The fraction of sp³-hybridized carbons (Fsp3) is 0.900. The van der Waals surface area contributed by atoms with E-state index in [-0.39, 0.29) is 11.9 Å². The predicted octanol–water partition coefficient (Wildman–Crippen LogP) is 1.33. The van der Waals surface area contributed by atoms with Crippen molar-refractivity contribution in [2.75, 3.05) is 7.11 Å². The average molecular weight is 185 g/mol. The monoisotopic (exact) mass is 185 g/mol. The Kier molecular flexibility index (Phi) is 3.72. The molecule has 1 N–H and O–H groups in total. The molecule has 3 atom stereocenters. The Labute approximate surface area is 79.8 Å². The average Bonchev–Trinajstić information content (AvgIpc) is 2.16. The minimum absolute atomic E-state index is 0.0613. The second-order valence-electron chi connectivity index (χ2n) is 3.79. The zero-order valence-corrected chi connectivity index (χ0v) is 8.67. The molecule has 76 valence electrons. The first kappa shape index (κ1) is 10.5. The van der Waals surface area contributed by atoms with Crippen LogP contribution in [0.2, 0.25) is 0 Å². The maximum Gasteiger partial charge on any atom is 0.310 e. The molecule has 3 unspecified atom stereocenters. The zero-order valence-electron chi connectivity index (χ0n) is 8.67. The first-order valence-corrected chi connectivity index (χ1v) is 5.03. The van der Waals surface area contributed by atoms with Crippen LogP contribution in [-0.2, 0) is 9.53 Å². The van der Waals surface area contributed by atoms with Crippen LogP contribution in [0.25, 0.3) is 0 Å². The highest BCUT2D eigenvalue weighted by molar-refractivity contribution is 5.73. The van der Waals surface area contributed by atoms with Crippen molar-refractivity contribution in [3.63, 3.8) is 0 Å². The van der Waals surface area contributed by atoms with E-state index in [0.717, 1.165) is 19.3 Å². The van der Waals surface area contributed by atoms with Gasteiger partial charge in [-0.05, 0) is 26.2 Å². The van der Waals surface area contributed by atoms with Crippen LogP contribution < -0.4 is 5.32 Å². The summed E-state index contributed by atoms with van der Waals surface area (Å²) in [6, 6.07) is 0.835. The number of carbonyl (C=O) groups excluding carboxylic acids is 1. The van der Waals surface area contributed by atoms with Crippen LogP contribution in [0.5, 0.6) is 0 Å². The lowest BCUT2D eigenvalue weighted by Gasteiger charge is -2.33. The van der Waals surface area contributed by atoms with Gasteiger partial charge in [0.1, 0.15) is 0 Å². The molecule has 0 spiro atoms. The van der Waals surface area contributed by atoms with Gasteiger partial charge < -0.3 is 10.1 Å². The van der Waals surface area contributed by atoms with E-state index in [4.69, 9.17) is 4.74 Å². The Bertz CT molecular complexity index is 182. The molecule has 1 fully saturated rings. The topological polar surface area (TPSA) is 38.3 Å². The van der Waals surface area contributed by atoms with Gasteiger partial charge in [0.2, 0.25) is 0 Å². The molecule has 1 aliphatic heterocycles. The SMILES string of the molecule is CCC1NC(C)CCC1C(=O)OC. The maximum atomic E-state index is 11.4. The van der Waals surface area contributed by atoms with Crippen LogP contribution in [0, 0.1) is 5.92 Å². The molecular weight excluding hydrogens is 166 g/mol. The first-order valence-electron chi connectivity index (χ1n) is 5.03. The largest absolute Gasteiger partial charge is 0.469 e. The summed E-state index contributed by atoms with van der Waals surface area (Å²) in [7, 11) is 1.47. The maximum absolute atomic E-state index is 11.4. The third-order valence-electron chi connectivity index (χ3n) is 2.84. The van der Waals surface area contributed by atoms with Crippen molar-refractivity contribution in [2.24, 2.45) is 5.92 Å². The number of piperidine rings is 1. The quantitative estimate of drug-likeness (QED) is 0.659. The van der Waals surface area contributed by atoms with Crippen molar-refractivity contribution in [1.29, 1.82) is 0 Å². The number of rotatable bonds is 2.